The minimum Gasteiger partial charge on any atom is -0.387 e. The number of benzene rings is 2. The lowest BCUT2D eigenvalue weighted by Gasteiger charge is -2.26. The Morgan fingerprint density at radius 2 is 1.00 bits per heavy atom. The maximum absolute atomic E-state index is 13.3. The number of ether oxygens (including phenoxy) is 2. The third-order valence-electron chi connectivity index (χ3n) is 7.83. The van der Waals surface area contributed by atoms with Gasteiger partial charge in [-0.05, 0) is 47.5 Å². The van der Waals surface area contributed by atoms with Gasteiger partial charge in [0, 0.05) is 0 Å². The molecule has 3 aliphatic rings. The molecule has 0 spiro atoms. The molecule has 16 nitrogen and oxygen atoms in total. The minimum absolute atomic E-state index is 0.106. The van der Waals surface area contributed by atoms with Gasteiger partial charge in [-0.2, -0.15) is 0 Å². The van der Waals surface area contributed by atoms with Crippen molar-refractivity contribution < 1.29 is 56.7 Å². The van der Waals surface area contributed by atoms with E-state index in [1.54, 1.807) is 0 Å². The van der Waals surface area contributed by atoms with Gasteiger partial charge in [0.15, 0.2) is 12.5 Å². The Morgan fingerprint density at radius 1 is 0.646 bits per heavy atom. The number of hydrogen-bond acceptors (Lipinski definition) is 12. The van der Waals surface area contributed by atoms with Gasteiger partial charge in [0.1, 0.15) is 36.6 Å². The van der Waals surface area contributed by atoms with E-state index < -0.39 is 77.9 Å². The van der Waals surface area contributed by atoms with Crippen LogP contribution in [0.5, 0.6) is 0 Å². The first-order chi connectivity index (χ1) is 22.5. The van der Waals surface area contributed by atoms with Crippen LogP contribution in [0.2, 0.25) is 30.7 Å². The summed E-state index contributed by atoms with van der Waals surface area (Å²) in [4.78, 5) is 30.0. The third kappa shape index (κ3) is 6.42. The van der Waals surface area contributed by atoms with E-state index in [0.717, 1.165) is 0 Å². The summed E-state index contributed by atoms with van der Waals surface area (Å²) < 4.78 is 62.0. The fraction of sp³-hybridized carbons (Fsp3) is 0.417. The number of phosphoric ester groups is 2. The van der Waals surface area contributed by atoms with E-state index in [-0.39, 0.29) is 52.7 Å². The lowest BCUT2D eigenvalue weighted by atomic mass is 10.1. The molecule has 0 radical (unpaired) electrons. The number of rotatable bonds is 2. The smallest absolute Gasteiger partial charge is 0.387 e. The van der Waals surface area contributed by atoms with Gasteiger partial charge < -0.3 is 29.5 Å². The SMILES string of the molecule is O=P1(O)OC[C@H]2O[C@@H](n3c(Cl)nc4cc(Cl)c(Cl)cc43)[C@@H](OP(=O)(O)OC[C@H]3O[C@@H](n4c(Cl)nc5cc(Cl)c(Cl)cc54)C(O1)[C@H]3O)C2O. The Kier molecular flexibility index (Phi) is 9.63. The van der Waals surface area contributed by atoms with Crippen LogP contribution in [0.1, 0.15) is 12.5 Å². The number of aliphatic hydroxyl groups excluding tert-OH is 2. The second-order valence-corrected chi connectivity index (χ2v) is 15.9. The van der Waals surface area contributed by atoms with E-state index in [1.165, 1.54) is 33.4 Å². The summed E-state index contributed by atoms with van der Waals surface area (Å²) in [6.45, 7) is -1.67. The maximum atomic E-state index is 13.3. The molecule has 4 aromatic rings. The Hall–Kier alpha value is -0.820. The minimum atomic E-state index is -5.12. The molecule has 2 aromatic heterocycles. The number of halogens is 6. The Bertz CT molecular complexity index is 1890. The van der Waals surface area contributed by atoms with Crippen molar-refractivity contribution >= 4 is 107 Å². The van der Waals surface area contributed by atoms with Crippen LogP contribution < -0.4 is 0 Å². The predicted octanol–water partition coefficient (Wildman–Crippen LogP) is 5.54. The average molecular weight is 831 g/mol. The number of aromatic nitrogens is 4. The monoisotopic (exact) mass is 828 g/mol. The molecule has 0 amide bonds. The van der Waals surface area contributed by atoms with E-state index >= 15 is 0 Å². The van der Waals surface area contributed by atoms with Gasteiger partial charge in [-0.1, -0.05) is 46.4 Å². The first-order valence-electron chi connectivity index (χ1n) is 13.6. The van der Waals surface area contributed by atoms with Crippen LogP contribution >= 0.6 is 85.3 Å². The van der Waals surface area contributed by atoms with Crippen molar-refractivity contribution in [2.24, 2.45) is 0 Å². The molecule has 3 saturated heterocycles. The second-order valence-electron chi connectivity index (χ2n) is 10.8. The third-order valence-corrected chi connectivity index (χ3v) is 11.8. The molecular weight excluding hydrogens is 811 g/mol. The number of nitrogens with zero attached hydrogens (tertiary/aromatic N) is 4. The number of hydrogen-bond donors (Lipinski definition) is 4. The predicted molar refractivity (Wildman–Crippen MR) is 171 cm³/mol. The molecule has 3 aliphatic heterocycles. The number of phosphoric acid groups is 2. The first-order valence-corrected chi connectivity index (χ1v) is 18.8. The van der Waals surface area contributed by atoms with E-state index in [4.69, 9.17) is 97.2 Å². The molecule has 48 heavy (non-hydrogen) atoms. The van der Waals surface area contributed by atoms with E-state index in [0.29, 0.717) is 0 Å². The van der Waals surface area contributed by atoms with Crippen LogP contribution in [0.15, 0.2) is 24.3 Å². The van der Waals surface area contributed by atoms with Crippen LogP contribution in [0.25, 0.3) is 22.1 Å². The van der Waals surface area contributed by atoms with Crippen molar-refractivity contribution in [3.8, 4) is 0 Å². The highest BCUT2D eigenvalue weighted by molar-refractivity contribution is 7.47. The first kappa shape index (κ1) is 35.6. The van der Waals surface area contributed by atoms with Crippen molar-refractivity contribution in [1.29, 1.82) is 0 Å². The van der Waals surface area contributed by atoms with Gasteiger partial charge in [0.05, 0.1) is 55.4 Å². The van der Waals surface area contributed by atoms with Gasteiger partial charge in [0.2, 0.25) is 10.6 Å². The molecule has 4 unspecified atom stereocenters. The summed E-state index contributed by atoms with van der Waals surface area (Å²) >= 11 is 37.4. The number of aliphatic hydroxyl groups is 2. The largest absolute Gasteiger partial charge is 0.472 e. The maximum Gasteiger partial charge on any atom is 0.472 e. The summed E-state index contributed by atoms with van der Waals surface area (Å²) in [5.74, 6) is 0. The fourth-order valence-corrected chi connectivity index (χ4v) is 8.72. The average Bonchev–Trinajstić information content (AvgIpc) is 3.67. The molecule has 260 valence electrons. The van der Waals surface area contributed by atoms with Crippen LogP contribution in [0.3, 0.4) is 0 Å². The second kappa shape index (κ2) is 13.0. The van der Waals surface area contributed by atoms with Crippen LogP contribution in [-0.4, -0.2) is 88.9 Å². The van der Waals surface area contributed by atoms with Crippen molar-refractivity contribution in [2.45, 2.75) is 49.1 Å². The topological polar surface area (TPSA) is 206 Å². The Labute approximate surface area is 299 Å². The molecule has 0 aliphatic carbocycles. The number of fused-ring (bicyclic) bond motifs is 6. The summed E-state index contributed by atoms with van der Waals surface area (Å²) in [6, 6.07) is 5.61. The highest BCUT2D eigenvalue weighted by atomic mass is 35.5. The Morgan fingerprint density at radius 3 is 1.38 bits per heavy atom. The lowest BCUT2D eigenvalue weighted by Crippen LogP contribution is -2.38. The normalized spacial score (nSPS) is 36.2. The van der Waals surface area contributed by atoms with Gasteiger partial charge in [-0.15, -0.1) is 0 Å². The molecular formula is C24H20Cl6N4O12P2. The highest BCUT2D eigenvalue weighted by Gasteiger charge is 2.54. The molecule has 5 heterocycles. The van der Waals surface area contributed by atoms with Crippen LogP contribution in [-0.2, 0) is 36.7 Å². The van der Waals surface area contributed by atoms with Crippen LogP contribution in [0, 0.1) is 0 Å². The number of imidazole rings is 2. The Balaban J connectivity index is 1.24. The summed E-state index contributed by atoms with van der Waals surface area (Å²) in [5, 5.41) is 22.5. The molecule has 4 N–H and O–H groups in total. The van der Waals surface area contributed by atoms with E-state index in [1.807, 2.05) is 0 Å². The standard InChI is InChI=1S/C24H20Cl6N4O12P2/c25-7-1-11-13(3-9(7)27)33(23(29)31-11)21-19-17(35)15(43-21)5-41-48(39,40)46-20-18(36)16(6-42-47(37,38)45-19)44-22(20)34-14-4-10(28)8(26)2-12(14)32-24(34)30/h1-4,15-22,35-36H,5-6H2,(H,37,38)(H,39,40)/t15-,16-,17+,18?,19?,20+,21-,22-/m1/s1. The fourth-order valence-electron chi connectivity index (χ4n) is 5.66. The van der Waals surface area contributed by atoms with Crippen molar-refractivity contribution in [1.82, 2.24) is 19.1 Å². The molecule has 24 heteroatoms. The summed E-state index contributed by atoms with van der Waals surface area (Å²) in [6.07, 6.45) is -13.0. The van der Waals surface area contributed by atoms with E-state index in [9.17, 15) is 29.1 Å². The van der Waals surface area contributed by atoms with Crippen molar-refractivity contribution in [3.63, 3.8) is 0 Å². The zero-order valence-electron chi connectivity index (χ0n) is 23.3. The zero-order chi connectivity index (χ0) is 34.4. The highest BCUT2D eigenvalue weighted by Crippen LogP contribution is 2.54. The van der Waals surface area contributed by atoms with Crippen LogP contribution in [0.4, 0.5) is 0 Å². The van der Waals surface area contributed by atoms with Crippen molar-refractivity contribution in [2.75, 3.05) is 13.2 Å². The molecule has 3 fully saturated rings. The zero-order valence-corrected chi connectivity index (χ0v) is 29.7. The van der Waals surface area contributed by atoms with Gasteiger partial charge in [-0.3, -0.25) is 27.2 Å². The van der Waals surface area contributed by atoms with Gasteiger partial charge >= 0.3 is 15.6 Å². The molecule has 0 saturated carbocycles. The molecule has 2 aromatic carbocycles. The summed E-state index contributed by atoms with van der Waals surface area (Å²) in [7, 11) is -10.2. The molecule has 7 rings (SSSR count). The van der Waals surface area contributed by atoms with Crippen molar-refractivity contribution in [3.05, 3.63) is 54.9 Å². The van der Waals surface area contributed by atoms with Gasteiger partial charge in [0.25, 0.3) is 0 Å². The molecule has 10 atom stereocenters. The van der Waals surface area contributed by atoms with E-state index in [2.05, 4.69) is 9.97 Å². The van der Waals surface area contributed by atoms with Gasteiger partial charge in [-0.25, -0.2) is 19.1 Å². The lowest BCUT2D eigenvalue weighted by molar-refractivity contribution is -0.0672. The summed E-state index contributed by atoms with van der Waals surface area (Å²) in [5.41, 5.74) is 0.972. The molecule has 4 bridgehead atoms. The quantitative estimate of drug-likeness (QED) is 0.183.